The van der Waals surface area contributed by atoms with Crippen LogP contribution in [0.1, 0.15) is 15.9 Å². The number of hydrazone groups is 1. The summed E-state index contributed by atoms with van der Waals surface area (Å²) in [5.74, 6) is -0.330. The first-order valence-corrected chi connectivity index (χ1v) is 8.14. The van der Waals surface area contributed by atoms with Gasteiger partial charge in [0.2, 0.25) is 5.75 Å². The number of nitrogens with one attached hydrogen (secondary N) is 2. The summed E-state index contributed by atoms with van der Waals surface area (Å²) in [6.45, 7) is -0.318. The molecule has 0 bridgehead atoms. The summed E-state index contributed by atoms with van der Waals surface area (Å²) in [4.78, 5) is 23.7. The molecular formula is C19H20FN3O5. The van der Waals surface area contributed by atoms with Gasteiger partial charge >= 0.3 is 0 Å². The fraction of sp³-hybridized carbons (Fsp3) is 0.211. The van der Waals surface area contributed by atoms with E-state index in [4.69, 9.17) is 14.2 Å². The molecule has 0 aromatic heterocycles. The van der Waals surface area contributed by atoms with Crippen LogP contribution in [0.2, 0.25) is 0 Å². The minimum Gasteiger partial charge on any atom is -0.493 e. The average Bonchev–Trinajstić information content (AvgIpc) is 2.71. The highest BCUT2D eigenvalue weighted by molar-refractivity contribution is 5.96. The van der Waals surface area contributed by atoms with Crippen molar-refractivity contribution in [2.75, 3.05) is 27.9 Å². The minimum absolute atomic E-state index is 0.119. The Bertz CT molecular complexity index is 861. The predicted octanol–water partition coefficient (Wildman–Crippen LogP) is 1.73. The largest absolute Gasteiger partial charge is 0.493 e. The summed E-state index contributed by atoms with van der Waals surface area (Å²) >= 11 is 0. The van der Waals surface area contributed by atoms with E-state index in [1.54, 1.807) is 12.1 Å². The summed E-state index contributed by atoms with van der Waals surface area (Å²) in [5, 5.41) is 6.20. The minimum atomic E-state index is -0.566. The Kier molecular flexibility index (Phi) is 7.32. The Balaban J connectivity index is 1.93. The first-order valence-electron chi connectivity index (χ1n) is 8.14. The number of rotatable bonds is 8. The van der Waals surface area contributed by atoms with Crippen LogP contribution in [0, 0.1) is 5.82 Å². The topological polar surface area (TPSA) is 98.2 Å². The normalized spacial score (nSPS) is 10.4. The standard InChI is InChI=1S/C19H20FN3O5/c1-26-15-7-12(8-16(27-2)18(15)28-3)10-22-23-17(24)11-21-19(25)13-5-4-6-14(20)9-13/h4-10H,11H2,1-3H3,(H,21,25)(H,23,24). The van der Waals surface area contributed by atoms with E-state index < -0.39 is 17.6 Å². The molecule has 0 heterocycles. The van der Waals surface area contributed by atoms with Gasteiger partial charge in [0.05, 0.1) is 34.1 Å². The van der Waals surface area contributed by atoms with E-state index in [-0.39, 0.29) is 12.1 Å². The molecule has 0 aliphatic heterocycles. The lowest BCUT2D eigenvalue weighted by molar-refractivity contribution is -0.120. The molecule has 2 rings (SSSR count). The molecule has 0 saturated carbocycles. The number of amides is 2. The maximum absolute atomic E-state index is 13.1. The molecule has 9 heteroatoms. The second kappa shape index (κ2) is 9.91. The monoisotopic (exact) mass is 389 g/mol. The Hall–Kier alpha value is -3.62. The van der Waals surface area contributed by atoms with Crippen LogP contribution in [0.4, 0.5) is 4.39 Å². The predicted molar refractivity (Wildman–Crippen MR) is 101 cm³/mol. The van der Waals surface area contributed by atoms with Crippen LogP contribution >= 0.6 is 0 Å². The summed E-state index contributed by atoms with van der Waals surface area (Å²) in [6, 6.07) is 8.47. The second-order valence-electron chi connectivity index (χ2n) is 5.44. The van der Waals surface area contributed by atoms with Gasteiger partial charge in [-0.1, -0.05) is 6.07 Å². The number of methoxy groups -OCH3 is 3. The number of benzene rings is 2. The highest BCUT2D eigenvalue weighted by Crippen LogP contribution is 2.37. The molecule has 2 aromatic carbocycles. The van der Waals surface area contributed by atoms with Crippen LogP contribution in [-0.2, 0) is 4.79 Å². The molecule has 0 unspecified atom stereocenters. The van der Waals surface area contributed by atoms with Gasteiger partial charge < -0.3 is 19.5 Å². The number of carbonyl (C=O) groups is 2. The quantitative estimate of drug-likeness (QED) is 0.529. The number of ether oxygens (including phenoxy) is 3. The highest BCUT2D eigenvalue weighted by Gasteiger charge is 2.12. The van der Waals surface area contributed by atoms with Crippen LogP contribution in [0.5, 0.6) is 17.2 Å². The van der Waals surface area contributed by atoms with Crippen molar-refractivity contribution >= 4 is 18.0 Å². The van der Waals surface area contributed by atoms with E-state index in [2.05, 4.69) is 15.8 Å². The van der Waals surface area contributed by atoms with Crippen molar-refractivity contribution in [2.45, 2.75) is 0 Å². The van der Waals surface area contributed by atoms with E-state index in [0.29, 0.717) is 22.8 Å². The number of halogens is 1. The Labute approximate surface area is 161 Å². The number of hydrogen-bond donors (Lipinski definition) is 2. The fourth-order valence-corrected chi connectivity index (χ4v) is 2.29. The molecule has 0 saturated heterocycles. The third kappa shape index (κ3) is 5.44. The zero-order chi connectivity index (χ0) is 20.5. The lowest BCUT2D eigenvalue weighted by Crippen LogP contribution is -2.34. The maximum Gasteiger partial charge on any atom is 0.259 e. The Morgan fingerprint density at radius 1 is 1.07 bits per heavy atom. The van der Waals surface area contributed by atoms with E-state index in [9.17, 15) is 14.0 Å². The van der Waals surface area contributed by atoms with Crippen LogP contribution in [0.25, 0.3) is 0 Å². The fourth-order valence-electron chi connectivity index (χ4n) is 2.29. The molecule has 2 amide bonds. The average molecular weight is 389 g/mol. The van der Waals surface area contributed by atoms with Crippen molar-refractivity contribution in [3.05, 3.63) is 53.3 Å². The van der Waals surface area contributed by atoms with Crippen LogP contribution in [-0.4, -0.2) is 45.9 Å². The SMILES string of the molecule is COc1cc(C=NNC(=O)CNC(=O)c2cccc(F)c2)cc(OC)c1OC. The van der Waals surface area contributed by atoms with Gasteiger partial charge in [-0.15, -0.1) is 0 Å². The van der Waals surface area contributed by atoms with Crippen LogP contribution in [0.3, 0.4) is 0 Å². The molecule has 28 heavy (non-hydrogen) atoms. The molecule has 0 aliphatic carbocycles. The summed E-state index contributed by atoms with van der Waals surface area (Å²) in [6.07, 6.45) is 1.39. The van der Waals surface area contributed by atoms with Gasteiger partial charge in [-0.2, -0.15) is 5.10 Å². The summed E-state index contributed by atoms with van der Waals surface area (Å²) < 4.78 is 28.8. The highest BCUT2D eigenvalue weighted by atomic mass is 19.1. The molecule has 0 radical (unpaired) electrons. The Morgan fingerprint density at radius 2 is 1.75 bits per heavy atom. The zero-order valence-corrected chi connectivity index (χ0v) is 15.6. The van der Waals surface area contributed by atoms with Gasteiger partial charge in [0.15, 0.2) is 11.5 Å². The van der Waals surface area contributed by atoms with Gasteiger partial charge in [-0.3, -0.25) is 9.59 Å². The van der Waals surface area contributed by atoms with Gasteiger partial charge in [-0.25, -0.2) is 9.82 Å². The number of nitrogens with zero attached hydrogens (tertiary/aromatic N) is 1. The first kappa shape index (κ1) is 20.7. The first-order chi connectivity index (χ1) is 13.5. The molecule has 2 aromatic rings. The third-order valence-corrected chi connectivity index (χ3v) is 3.59. The molecule has 0 aliphatic rings. The molecule has 0 spiro atoms. The number of carbonyl (C=O) groups excluding carboxylic acids is 2. The Morgan fingerprint density at radius 3 is 2.32 bits per heavy atom. The molecule has 8 nitrogen and oxygen atoms in total. The van der Waals surface area contributed by atoms with Gasteiger partial charge in [0, 0.05) is 11.1 Å². The van der Waals surface area contributed by atoms with Gasteiger partial charge in [0.1, 0.15) is 5.82 Å². The lowest BCUT2D eigenvalue weighted by atomic mass is 10.2. The van der Waals surface area contributed by atoms with Crippen LogP contribution in [0.15, 0.2) is 41.5 Å². The summed E-state index contributed by atoms with van der Waals surface area (Å²) in [7, 11) is 4.47. The van der Waals surface area contributed by atoms with Gasteiger partial charge in [0.25, 0.3) is 11.8 Å². The van der Waals surface area contributed by atoms with Crippen molar-refractivity contribution in [3.8, 4) is 17.2 Å². The third-order valence-electron chi connectivity index (χ3n) is 3.59. The van der Waals surface area contributed by atoms with Crippen molar-refractivity contribution in [1.29, 1.82) is 0 Å². The lowest BCUT2D eigenvalue weighted by Gasteiger charge is -2.12. The van der Waals surface area contributed by atoms with Crippen molar-refractivity contribution in [2.24, 2.45) is 5.10 Å². The molecular weight excluding hydrogens is 369 g/mol. The van der Waals surface area contributed by atoms with E-state index in [1.807, 2.05) is 0 Å². The zero-order valence-electron chi connectivity index (χ0n) is 15.6. The van der Waals surface area contributed by atoms with Crippen LogP contribution < -0.4 is 25.0 Å². The molecule has 2 N–H and O–H groups in total. The molecule has 148 valence electrons. The molecule has 0 fully saturated rings. The maximum atomic E-state index is 13.1. The van der Waals surface area contributed by atoms with Crippen molar-refractivity contribution < 1.29 is 28.2 Å². The van der Waals surface area contributed by atoms with E-state index in [0.717, 1.165) is 6.07 Å². The van der Waals surface area contributed by atoms with Crippen molar-refractivity contribution in [1.82, 2.24) is 10.7 Å². The summed E-state index contributed by atoms with van der Waals surface area (Å²) in [5.41, 5.74) is 3.00. The second-order valence-corrected chi connectivity index (χ2v) is 5.44. The number of hydrogen-bond acceptors (Lipinski definition) is 6. The van der Waals surface area contributed by atoms with Gasteiger partial charge in [-0.05, 0) is 30.3 Å². The molecule has 0 atom stereocenters. The van der Waals surface area contributed by atoms with Crippen molar-refractivity contribution in [3.63, 3.8) is 0 Å². The smallest absolute Gasteiger partial charge is 0.259 e. The van der Waals surface area contributed by atoms with E-state index in [1.165, 1.54) is 45.7 Å². The van der Waals surface area contributed by atoms with E-state index >= 15 is 0 Å².